The van der Waals surface area contributed by atoms with E-state index in [9.17, 15) is 9.18 Å². The van der Waals surface area contributed by atoms with Crippen LogP contribution in [0.25, 0.3) is 6.08 Å². The lowest BCUT2D eigenvalue weighted by molar-refractivity contribution is -0.126. The number of benzene rings is 3. The topological polar surface area (TPSA) is 20.3 Å². The molecule has 0 N–H and O–H groups in total. The molecule has 3 rings (SSSR count). The Morgan fingerprint density at radius 1 is 0.846 bits per heavy atom. The van der Waals surface area contributed by atoms with Gasteiger partial charge in [-0.3, -0.25) is 4.79 Å². The van der Waals surface area contributed by atoms with Crippen LogP contribution in [0.15, 0.2) is 91.0 Å². The van der Waals surface area contributed by atoms with Crippen molar-refractivity contribution in [1.29, 1.82) is 0 Å². The van der Waals surface area contributed by atoms with Crippen LogP contribution in [0.1, 0.15) is 22.7 Å². The van der Waals surface area contributed by atoms with Crippen molar-refractivity contribution in [3.8, 4) is 0 Å². The maximum absolute atomic E-state index is 13.0. The minimum atomic E-state index is -0.293. The summed E-state index contributed by atoms with van der Waals surface area (Å²) in [6.07, 6.45) is 3.22. The molecule has 0 unspecified atom stereocenters. The molecule has 1 amide bonds. The zero-order chi connectivity index (χ0) is 18.4. The molecule has 0 aliphatic rings. The molecule has 0 aliphatic heterocycles. The van der Waals surface area contributed by atoms with Crippen LogP contribution in [-0.4, -0.2) is 17.9 Å². The molecule has 0 bridgehead atoms. The van der Waals surface area contributed by atoms with E-state index in [0.717, 1.165) is 16.7 Å². The van der Waals surface area contributed by atoms with E-state index in [0.29, 0.717) is 0 Å². The van der Waals surface area contributed by atoms with Gasteiger partial charge in [-0.15, -0.1) is 0 Å². The Kier molecular flexibility index (Phi) is 5.59. The molecule has 2 nitrogen and oxygen atoms in total. The monoisotopic (exact) mass is 345 g/mol. The van der Waals surface area contributed by atoms with Gasteiger partial charge < -0.3 is 4.90 Å². The van der Waals surface area contributed by atoms with Crippen molar-refractivity contribution in [2.45, 2.75) is 6.04 Å². The van der Waals surface area contributed by atoms with Gasteiger partial charge in [0.2, 0.25) is 5.91 Å². The Morgan fingerprint density at radius 3 is 1.85 bits per heavy atom. The highest BCUT2D eigenvalue weighted by Crippen LogP contribution is 2.27. The lowest BCUT2D eigenvalue weighted by Gasteiger charge is -2.28. The lowest BCUT2D eigenvalue weighted by atomic mass is 9.97. The van der Waals surface area contributed by atoms with E-state index in [2.05, 4.69) is 0 Å². The van der Waals surface area contributed by atoms with Crippen LogP contribution in [0.2, 0.25) is 0 Å². The molecule has 0 spiro atoms. The summed E-state index contributed by atoms with van der Waals surface area (Å²) in [7, 11) is 1.79. The van der Waals surface area contributed by atoms with Crippen LogP contribution >= 0.6 is 0 Å². The second kappa shape index (κ2) is 8.26. The third kappa shape index (κ3) is 4.25. The van der Waals surface area contributed by atoms with Crippen molar-refractivity contribution in [3.63, 3.8) is 0 Å². The van der Waals surface area contributed by atoms with Gasteiger partial charge in [0.15, 0.2) is 0 Å². The first-order valence-corrected chi connectivity index (χ1v) is 8.45. The number of halogens is 1. The van der Waals surface area contributed by atoms with Crippen molar-refractivity contribution in [1.82, 2.24) is 4.90 Å². The molecule has 0 radical (unpaired) electrons. The van der Waals surface area contributed by atoms with Crippen molar-refractivity contribution < 1.29 is 9.18 Å². The molecular weight excluding hydrogens is 325 g/mol. The minimum Gasteiger partial charge on any atom is -0.331 e. The highest BCUT2D eigenvalue weighted by molar-refractivity contribution is 5.92. The fourth-order valence-corrected chi connectivity index (χ4v) is 2.90. The third-order valence-electron chi connectivity index (χ3n) is 4.25. The molecule has 3 aromatic carbocycles. The maximum Gasteiger partial charge on any atom is 0.247 e. The average molecular weight is 345 g/mol. The Hall–Kier alpha value is -3.20. The van der Waals surface area contributed by atoms with Crippen molar-refractivity contribution >= 4 is 12.0 Å². The molecular formula is C23H20FNO. The summed E-state index contributed by atoms with van der Waals surface area (Å²) in [5.74, 6) is -0.411. The number of nitrogens with zero attached hydrogens (tertiary/aromatic N) is 1. The first kappa shape index (κ1) is 17.6. The Balaban J connectivity index is 1.86. The van der Waals surface area contributed by atoms with Crippen LogP contribution in [0, 0.1) is 5.82 Å². The number of likely N-dealkylation sites (N-methyl/N-ethyl adjacent to an activating group) is 1. The molecule has 0 atom stereocenters. The van der Waals surface area contributed by atoms with Crippen molar-refractivity contribution in [3.05, 3.63) is 114 Å². The van der Waals surface area contributed by atoms with Gasteiger partial charge in [0.25, 0.3) is 0 Å². The molecule has 0 heterocycles. The van der Waals surface area contributed by atoms with Gasteiger partial charge >= 0.3 is 0 Å². The fourth-order valence-electron chi connectivity index (χ4n) is 2.90. The predicted molar refractivity (Wildman–Crippen MR) is 103 cm³/mol. The van der Waals surface area contributed by atoms with E-state index in [1.54, 1.807) is 30.2 Å². The molecule has 130 valence electrons. The van der Waals surface area contributed by atoms with E-state index >= 15 is 0 Å². The number of hydrogen-bond acceptors (Lipinski definition) is 1. The van der Waals surface area contributed by atoms with Gasteiger partial charge in [-0.05, 0) is 34.9 Å². The summed E-state index contributed by atoms with van der Waals surface area (Å²) in [5.41, 5.74) is 2.87. The number of hydrogen-bond donors (Lipinski definition) is 0. The number of carbonyl (C=O) groups is 1. The minimum absolute atomic E-state index is 0.118. The molecule has 3 heteroatoms. The van der Waals surface area contributed by atoms with Crippen molar-refractivity contribution in [2.24, 2.45) is 0 Å². The zero-order valence-electron chi connectivity index (χ0n) is 14.5. The molecule has 26 heavy (non-hydrogen) atoms. The number of amides is 1. The molecule has 0 aliphatic carbocycles. The molecule has 0 saturated carbocycles. The maximum atomic E-state index is 13.0. The summed E-state index contributed by atoms with van der Waals surface area (Å²) >= 11 is 0. The third-order valence-corrected chi connectivity index (χ3v) is 4.25. The van der Waals surface area contributed by atoms with Gasteiger partial charge in [-0.2, -0.15) is 0 Å². The van der Waals surface area contributed by atoms with Gasteiger partial charge in [-0.1, -0.05) is 72.8 Å². The summed E-state index contributed by atoms with van der Waals surface area (Å²) in [4.78, 5) is 14.4. The van der Waals surface area contributed by atoms with Crippen LogP contribution in [0.5, 0.6) is 0 Å². The Bertz CT molecular complexity index is 834. The van der Waals surface area contributed by atoms with Gasteiger partial charge in [0.1, 0.15) is 5.82 Å². The Morgan fingerprint density at radius 2 is 1.35 bits per heavy atom. The molecule has 0 aromatic heterocycles. The standard InChI is InChI=1S/C23H20FNO/c1-25(22(26)17-14-18-12-15-21(24)16-13-18)23(19-8-4-2-5-9-19)20-10-6-3-7-11-20/h2-17,23H,1H3/b17-14+. The molecule has 3 aromatic rings. The number of carbonyl (C=O) groups excluding carboxylic acids is 1. The van der Waals surface area contributed by atoms with E-state index in [4.69, 9.17) is 0 Å². The van der Waals surface area contributed by atoms with Gasteiger partial charge in [0, 0.05) is 13.1 Å². The zero-order valence-corrected chi connectivity index (χ0v) is 14.5. The summed E-state index contributed by atoms with van der Waals surface area (Å²) < 4.78 is 13.0. The largest absolute Gasteiger partial charge is 0.331 e. The van der Waals surface area contributed by atoms with E-state index < -0.39 is 0 Å². The average Bonchev–Trinajstić information content (AvgIpc) is 2.69. The number of rotatable bonds is 5. The van der Waals surface area contributed by atoms with E-state index in [-0.39, 0.29) is 17.8 Å². The highest BCUT2D eigenvalue weighted by Gasteiger charge is 2.21. The fraction of sp³-hybridized carbons (Fsp3) is 0.0870. The smallest absolute Gasteiger partial charge is 0.247 e. The summed E-state index contributed by atoms with van der Waals surface area (Å²) in [6.45, 7) is 0. The summed E-state index contributed by atoms with van der Waals surface area (Å²) in [5, 5.41) is 0. The predicted octanol–water partition coefficient (Wildman–Crippen LogP) is 5.09. The van der Waals surface area contributed by atoms with Crippen molar-refractivity contribution in [2.75, 3.05) is 7.05 Å². The first-order valence-electron chi connectivity index (χ1n) is 8.45. The molecule has 0 fully saturated rings. The van der Waals surface area contributed by atoms with Crippen LogP contribution in [0.4, 0.5) is 4.39 Å². The summed E-state index contributed by atoms with van der Waals surface area (Å²) in [6, 6.07) is 25.7. The normalized spacial score (nSPS) is 11.0. The molecule has 0 saturated heterocycles. The Labute approximate surface area is 153 Å². The SMILES string of the molecule is CN(C(=O)/C=C/c1ccc(F)cc1)C(c1ccccc1)c1ccccc1. The second-order valence-electron chi connectivity index (χ2n) is 6.06. The second-order valence-corrected chi connectivity index (χ2v) is 6.06. The van der Waals surface area contributed by atoms with E-state index in [1.807, 2.05) is 60.7 Å². The van der Waals surface area contributed by atoms with E-state index in [1.165, 1.54) is 18.2 Å². The highest BCUT2D eigenvalue weighted by atomic mass is 19.1. The lowest BCUT2D eigenvalue weighted by Crippen LogP contribution is -2.30. The van der Waals surface area contributed by atoms with Gasteiger partial charge in [-0.25, -0.2) is 4.39 Å². The first-order chi connectivity index (χ1) is 12.6. The van der Waals surface area contributed by atoms with Gasteiger partial charge in [0.05, 0.1) is 6.04 Å². The van der Waals surface area contributed by atoms with Crippen LogP contribution in [-0.2, 0) is 4.79 Å². The quantitative estimate of drug-likeness (QED) is 0.590. The van der Waals surface area contributed by atoms with Crippen LogP contribution in [0.3, 0.4) is 0 Å². The van der Waals surface area contributed by atoms with Crippen LogP contribution < -0.4 is 0 Å².